The molecule has 60 heavy (non-hydrogen) atoms. The molecular weight excluding hydrogens is 816 g/mol. The number of benzene rings is 1. The number of nitrogens with zero attached hydrogens (tertiary/aromatic N) is 1. The zero-order valence-electron chi connectivity index (χ0n) is 37.8. The van der Waals surface area contributed by atoms with E-state index in [4.69, 9.17) is 41.7 Å². The van der Waals surface area contributed by atoms with E-state index in [1.807, 2.05) is 6.07 Å². The van der Waals surface area contributed by atoms with Crippen LogP contribution in [0.2, 0.25) is 0 Å². The van der Waals surface area contributed by atoms with Crippen LogP contribution in [-0.2, 0) is 28.2 Å². The molecule has 0 unspecified atom stereocenters. The van der Waals surface area contributed by atoms with E-state index in [-0.39, 0.29) is 56.9 Å². The summed E-state index contributed by atoms with van der Waals surface area (Å²) in [5, 5.41) is 0. The summed E-state index contributed by atoms with van der Waals surface area (Å²) in [5.41, 5.74) is 0. The lowest BCUT2D eigenvalue weighted by atomic mass is 10.1. The fourth-order valence-corrected chi connectivity index (χ4v) is 9.22. The summed E-state index contributed by atoms with van der Waals surface area (Å²) in [6, 6.07) is 8.71. The third-order valence-electron chi connectivity index (χ3n) is 10.4. The Bertz CT molecular complexity index is 1250. The zero-order chi connectivity index (χ0) is 43.6. The van der Waals surface area contributed by atoms with E-state index >= 15 is 0 Å². The minimum absolute atomic E-state index is 0.171. The second-order valence-electron chi connectivity index (χ2n) is 16.0. The zero-order valence-corrected chi connectivity index (χ0v) is 40.2. The number of rotatable bonds is 43. The summed E-state index contributed by atoms with van der Waals surface area (Å²) in [7, 11) is -4.01. The quantitative estimate of drug-likeness (QED) is 0.0210. The van der Waals surface area contributed by atoms with Gasteiger partial charge in [-0.25, -0.2) is 4.57 Å². The molecule has 0 aliphatic rings. The van der Waals surface area contributed by atoms with Crippen LogP contribution in [-0.4, -0.2) is 60.8 Å². The molecular formula is C49H84Cl2NO7P. The first-order chi connectivity index (χ1) is 29.4. The van der Waals surface area contributed by atoms with Crippen molar-refractivity contribution in [1.82, 2.24) is 4.67 Å². The lowest BCUT2D eigenvalue weighted by Crippen LogP contribution is -2.33. The van der Waals surface area contributed by atoms with Crippen molar-refractivity contribution < 1.29 is 32.7 Å². The van der Waals surface area contributed by atoms with E-state index in [1.54, 1.807) is 24.3 Å². The standard InChI is InChI=1S/C49H84Cl2NO7P/c1-3-5-7-9-11-13-15-17-19-21-23-25-27-29-34-38-48(53)56-44-47(45-57-60(55,52(42-40-50)43-41-51)59-46-36-32-31-33-37-46)58-49(54)39-35-30-28-26-24-22-20-18-16-14-12-10-8-6-4-2/h17-20,31-33,36-37,47H,3-16,21-30,34-35,38-45H2,1-2H3/b19-17-,20-18+/t47-,60-/m0/s1. The molecule has 11 heteroatoms. The lowest BCUT2D eigenvalue weighted by molar-refractivity contribution is -0.161. The van der Waals surface area contributed by atoms with E-state index in [2.05, 4.69) is 38.2 Å². The molecule has 1 aromatic carbocycles. The fourth-order valence-electron chi connectivity index (χ4n) is 6.81. The van der Waals surface area contributed by atoms with Gasteiger partial charge >= 0.3 is 19.7 Å². The number of allylic oxidation sites excluding steroid dienone is 4. The second kappa shape index (κ2) is 41.2. The Balaban J connectivity index is 2.58. The van der Waals surface area contributed by atoms with Crippen molar-refractivity contribution in [2.24, 2.45) is 0 Å². The highest BCUT2D eigenvalue weighted by Crippen LogP contribution is 2.52. The van der Waals surface area contributed by atoms with Gasteiger partial charge in [-0.05, 0) is 76.3 Å². The van der Waals surface area contributed by atoms with Gasteiger partial charge in [0, 0.05) is 37.7 Å². The summed E-state index contributed by atoms with van der Waals surface area (Å²) in [5.74, 6) is -0.0819. The van der Waals surface area contributed by atoms with Crippen molar-refractivity contribution in [1.29, 1.82) is 0 Å². The van der Waals surface area contributed by atoms with Crippen LogP contribution < -0.4 is 4.52 Å². The molecule has 0 radical (unpaired) electrons. The van der Waals surface area contributed by atoms with Gasteiger partial charge in [-0.1, -0.05) is 159 Å². The van der Waals surface area contributed by atoms with Crippen LogP contribution in [0.5, 0.6) is 5.75 Å². The molecule has 0 bridgehead atoms. The van der Waals surface area contributed by atoms with Crippen molar-refractivity contribution in [3.63, 3.8) is 0 Å². The molecule has 2 atom stereocenters. The number of halogens is 2. The molecule has 1 rings (SSSR count). The Morgan fingerprint density at radius 3 is 1.45 bits per heavy atom. The summed E-state index contributed by atoms with van der Waals surface area (Å²) in [4.78, 5) is 25.8. The van der Waals surface area contributed by atoms with E-state index in [1.165, 1.54) is 94.6 Å². The minimum Gasteiger partial charge on any atom is -0.462 e. The van der Waals surface area contributed by atoms with E-state index < -0.39 is 19.8 Å². The Hall–Kier alpha value is -1.83. The van der Waals surface area contributed by atoms with Gasteiger partial charge in [-0.2, -0.15) is 4.67 Å². The number of para-hydroxylation sites is 1. The molecule has 0 saturated heterocycles. The number of carbonyl (C=O) groups excluding carboxylic acids is 2. The SMILES string of the molecule is CCCCCCCC/C=C\CCCCCCCC(=O)OC[C@@H](CO[P@](=O)(Oc1ccccc1)N(CCCl)CCCl)OC(=O)CCCCCCC/C=C/CCCCCCCC. The van der Waals surface area contributed by atoms with E-state index in [0.717, 1.165) is 70.6 Å². The van der Waals surface area contributed by atoms with Crippen molar-refractivity contribution in [2.45, 2.75) is 200 Å². The normalized spacial score (nSPS) is 13.3. The number of hydrogen-bond donors (Lipinski definition) is 0. The predicted octanol–water partition coefficient (Wildman–Crippen LogP) is 15.5. The monoisotopic (exact) mass is 900 g/mol. The van der Waals surface area contributed by atoms with Crippen LogP contribution in [0.4, 0.5) is 0 Å². The minimum atomic E-state index is -4.01. The van der Waals surface area contributed by atoms with E-state index in [9.17, 15) is 14.2 Å². The number of esters is 2. The van der Waals surface area contributed by atoms with Crippen molar-refractivity contribution in [2.75, 3.05) is 38.1 Å². The van der Waals surface area contributed by atoms with Gasteiger partial charge < -0.3 is 14.0 Å². The molecule has 0 aromatic heterocycles. The Morgan fingerprint density at radius 1 is 0.583 bits per heavy atom. The van der Waals surface area contributed by atoms with Crippen LogP contribution in [0.15, 0.2) is 54.6 Å². The predicted molar refractivity (Wildman–Crippen MR) is 253 cm³/mol. The molecule has 0 saturated carbocycles. The summed E-state index contributed by atoms with van der Waals surface area (Å²) >= 11 is 12.1. The number of ether oxygens (including phenoxy) is 2. The maximum atomic E-state index is 14.3. The Morgan fingerprint density at radius 2 is 1.00 bits per heavy atom. The first-order valence-electron chi connectivity index (χ1n) is 23.9. The second-order valence-corrected chi connectivity index (χ2v) is 18.7. The van der Waals surface area contributed by atoms with Gasteiger partial charge in [0.25, 0.3) is 0 Å². The van der Waals surface area contributed by atoms with Gasteiger partial charge in [0.1, 0.15) is 12.4 Å². The fraction of sp³-hybridized carbons (Fsp3) is 0.755. The summed E-state index contributed by atoms with van der Waals surface area (Å²) in [6.45, 7) is 4.39. The highest BCUT2D eigenvalue weighted by atomic mass is 35.5. The van der Waals surface area contributed by atoms with Crippen LogP contribution in [0, 0.1) is 0 Å². The van der Waals surface area contributed by atoms with Gasteiger partial charge in [-0.3, -0.25) is 14.1 Å². The average molecular weight is 901 g/mol. The molecule has 8 nitrogen and oxygen atoms in total. The Kier molecular flexibility index (Phi) is 38.6. The molecule has 0 fully saturated rings. The summed E-state index contributed by atoms with van der Waals surface area (Å²) in [6.07, 6.45) is 39.3. The third kappa shape index (κ3) is 32.8. The molecule has 0 spiro atoms. The lowest BCUT2D eigenvalue weighted by Gasteiger charge is -2.30. The van der Waals surface area contributed by atoms with Crippen molar-refractivity contribution in [3.8, 4) is 5.75 Å². The third-order valence-corrected chi connectivity index (χ3v) is 12.8. The van der Waals surface area contributed by atoms with Gasteiger partial charge in [0.2, 0.25) is 0 Å². The topological polar surface area (TPSA) is 91.4 Å². The molecule has 1 aromatic rings. The highest BCUT2D eigenvalue weighted by molar-refractivity contribution is 7.51. The largest absolute Gasteiger partial charge is 0.462 e. The van der Waals surface area contributed by atoms with Gasteiger partial charge in [0.05, 0.1) is 6.61 Å². The number of carbonyl (C=O) groups is 2. The first kappa shape index (κ1) is 56.2. The number of alkyl halides is 2. The maximum absolute atomic E-state index is 14.3. The smallest absolute Gasteiger partial charge is 0.461 e. The first-order valence-corrected chi connectivity index (χ1v) is 26.5. The van der Waals surface area contributed by atoms with Crippen molar-refractivity contribution >= 4 is 42.9 Å². The van der Waals surface area contributed by atoms with Gasteiger partial charge in [-0.15, -0.1) is 23.2 Å². The molecule has 0 aliphatic carbocycles. The van der Waals surface area contributed by atoms with Gasteiger partial charge in [0.15, 0.2) is 6.10 Å². The van der Waals surface area contributed by atoms with Crippen LogP contribution in [0.1, 0.15) is 194 Å². The van der Waals surface area contributed by atoms with Crippen molar-refractivity contribution in [3.05, 3.63) is 54.6 Å². The van der Waals surface area contributed by atoms with Crippen LogP contribution >= 0.6 is 30.9 Å². The average Bonchev–Trinajstić information content (AvgIpc) is 3.24. The highest BCUT2D eigenvalue weighted by Gasteiger charge is 2.36. The summed E-state index contributed by atoms with van der Waals surface area (Å²) < 4.78 is 39.1. The number of hydrogen-bond acceptors (Lipinski definition) is 7. The molecule has 346 valence electrons. The Labute approximate surface area is 376 Å². The van der Waals surface area contributed by atoms with Crippen LogP contribution in [0.3, 0.4) is 0 Å². The number of unbranched alkanes of at least 4 members (excludes halogenated alkanes) is 22. The molecule has 0 aliphatic heterocycles. The maximum Gasteiger partial charge on any atom is 0.461 e. The molecule has 0 amide bonds. The molecule has 0 heterocycles. The van der Waals surface area contributed by atoms with Crippen LogP contribution in [0.25, 0.3) is 0 Å². The molecule has 0 N–H and O–H groups in total. The van der Waals surface area contributed by atoms with E-state index in [0.29, 0.717) is 12.2 Å².